The van der Waals surface area contributed by atoms with Crippen molar-refractivity contribution in [3.63, 3.8) is 0 Å². The minimum Gasteiger partial charge on any atom is -0.385 e. The second-order valence-electron chi connectivity index (χ2n) is 4.22. The number of anilines is 1. The first-order valence-corrected chi connectivity index (χ1v) is 5.72. The van der Waals surface area contributed by atoms with Crippen LogP contribution in [-0.2, 0) is 6.42 Å². The van der Waals surface area contributed by atoms with E-state index >= 15 is 0 Å². The summed E-state index contributed by atoms with van der Waals surface area (Å²) in [6, 6.07) is 6.60. The van der Waals surface area contributed by atoms with Gasteiger partial charge in [0.15, 0.2) is 0 Å². The SMILES string of the molecule is Cc1nccn1-c1ccc2c(c1)NCCC2. The van der Waals surface area contributed by atoms with E-state index in [1.165, 1.54) is 29.8 Å². The molecular formula is C13H15N3. The van der Waals surface area contributed by atoms with Crippen LogP contribution in [0.1, 0.15) is 17.8 Å². The van der Waals surface area contributed by atoms with E-state index in [1.54, 1.807) is 0 Å². The molecular weight excluding hydrogens is 198 g/mol. The maximum atomic E-state index is 4.25. The third-order valence-corrected chi connectivity index (χ3v) is 3.14. The zero-order chi connectivity index (χ0) is 11.0. The molecule has 0 radical (unpaired) electrons. The zero-order valence-electron chi connectivity index (χ0n) is 9.40. The van der Waals surface area contributed by atoms with Gasteiger partial charge in [0.2, 0.25) is 0 Å². The molecule has 1 aromatic carbocycles. The molecule has 3 heteroatoms. The molecule has 0 aliphatic carbocycles. The molecule has 0 saturated heterocycles. The summed E-state index contributed by atoms with van der Waals surface area (Å²) in [5.74, 6) is 1.02. The van der Waals surface area contributed by atoms with Crippen LogP contribution in [0.2, 0.25) is 0 Å². The number of aryl methyl sites for hydroxylation is 2. The highest BCUT2D eigenvalue weighted by Crippen LogP contribution is 2.25. The van der Waals surface area contributed by atoms with Gasteiger partial charge in [0.25, 0.3) is 0 Å². The van der Waals surface area contributed by atoms with E-state index in [2.05, 4.69) is 33.1 Å². The molecule has 0 atom stereocenters. The monoisotopic (exact) mass is 213 g/mol. The molecule has 1 aliphatic rings. The Hall–Kier alpha value is -1.77. The first-order chi connectivity index (χ1) is 7.84. The van der Waals surface area contributed by atoms with E-state index in [1.807, 2.05) is 19.3 Å². The van der Waals surface area contributed by atoms with Crippen molar-refractivity contribution in [3.05, 3.63) is 42.0 Å². The molecule has 2 aromatic rings. The number of fused-ring (bicyclic) bond motifs is 1. The van der Waals surface area contributed by atoms with Crippen LogP contribution in [0.25, 0.3) is 5.69 Å². The molecule has 1 N–H and O–H groups in total. The molecule has 0 saturated carbocycles. The number of nitrogens with zero attached hydrogens (tertiary/aromatic N) is 2. The highest BCUT2D eigenvalue weighted by molar-refractivity contribution is 5.58. The normalized spacial score (nSPS) is 14.3. The van der Waals surface area contributed by atoms with Crippen LogP contribution in [0.3, 0.4) is 0 Å². The Kier molecular flexibility index (Phi) is 2.17. The van der Waals surface area contributed by atoms with Crippen molar-refractivity contribution in [2.75, 3.05) is 11.9 Å². The van der Waals surface area contributed by atoms with E-state index < -0.39 is 0 Å². The zero-order valence-corrected chi connectivity index (χ0v) is 9.40. The summed E-state index contributed by atoms with van der Waals surface area (Å²) in [5, 5.41) is 3.45. The molecule has 3 nitrogen and oxygen atoms in total. The molecule has 16 heavy (non-hydrogen) atoms. The van der Waals surface area contributed by atoms with Gasteiger partial charge in [-0.25, -0.2) is 4.98 Å². The van der Waals surface area contributed by atoms with Gasteiger partial charge in [-0.2, -0.15) is 0 Å². The third-order valence-electron chi connectivity index (χ3n) is 3.14. The molecule has 2 heterocycles. The van der Waals surface area contributed by atoms with Crippen LogP contribution in [0.5, 0.6) is 0 Å². The van der Waals surface area contributed by atoms with Gasteiger partial charge in [0, 0.05) is 30.3 Å². The van der Waals surface area contributed by atoms with Gasteiger partial charge in [-0.05, 0) is 37.5 Å². The number of benzene rings is 1. The molecule has 0 amide bonds. The fourth-order valence-corrected chi connectivity index (χ4v) is 2.25. The van der Waals surface area contributed by atoms with E-state index in [9.17, 15) is 0 Å². The minimum atomic E-state index is 1.02. The van der Waals surface area contributed by atoms with Crippen molar-refractivity contribution in [2.24, 2.45) is 0 Å². The highest BCUT2D eigenvalue weighted by Gasteiger charge is 2.09. The topological polar surface area (TPSA) is 29.9 Å². The van der Waals surface area contributed by atoms with Gasteiger partial charge < -0.3 is 9.88 Å². The van der Waals surface area contributed by atoms with Crippen LogP contribution in [0.4, 0.5) is 5.69 Å². The van der Waals surface area contributed by atoms with Crippen LogP contribution >= 0.6 is 0 Å². The summed E-state index contributed by atoms with van der Waals surface area (Å²) in [5.41, 5.74) is 3.88. The summed E-state index contributed by atoms with van der Waals surface area (Å²) in [4.78, 5) is 4.25. The predicted molar refractivity (Wildman–Crippen MR) is 65.1 cm³/mol. The van der Waals surface area contributed by atoms with Crippen LogP contribution in [0, 0.1) is 6.92 Å². The van der Waals surface area contributed by atoms with E-state index in [4.69, 9.17) is 0 Å². The number of nitrogens with one attached hydrogen (secondary N) is 1. The molecule has 0 fully saturated rings. The summed E-state index contributed by atoms with van der Waals surface area (Å²) in [6.07, 6.45) is 6.25. The van der Waals surface area contributed by atoms with Gasteiger partial charge in [-0.3, -0.25) is 0 Å². The van der Waals surface area contributed by atoms with E-state index in [0.717, 1.165) is 12.4 Å². The second kappa shape index (κ2) is 3.67. The first kappa shape index (κ1) is 9.46. The number of imidazole rings is 1. The molecule has 0 spiro atoms. The average Bonchev–Trinajstić information content (AvgIpc) is 2.75. The lowest BCUT2D eigenvalue weighted by molar-refractivity contribution is 0.828. The molecule has 0 bridgehead atoms. The van der Waals surface area contributed by atoms with Crippen molar-refractivity contribution < 1.29 is 0 Å². The van der Waals surface area contributed by atoms with Crippen molar-refractivity contribution in [3.8, 4) is 5.69 Å². The van der Waals surface area contributed by atoms with Crippen molar-refractivity contribution in [2.45, 2.75) is 19.8 Å². The lowest BCUT2D eigenvalue weighted by atomic mass is 10.0. The fraction of sp³-hybridized carbons (Fsp3) is 0.308. The summed E-state index contributed by atoms with van der Waals surface area (Å²) in [6.45, 7) is 3.10. The molecule has 1 aliphatic heterocycles. The maximum Gasteiger partial charge on any atom is 0.110 e. The van der Waals surface area contributed by atoms with Gasteiger partial charge in [-0.15, -0.1) is 0 Å². The Labute approximate surface area is 95.1 Å². The largest absolute Gasteiger partial charge is 0.385 e. The van der Waals surface area contributed by atoms with E-state index in [-0.39, 0.29) is 0 Å². The van der Waals surface area contributed by atoms with Crippen molar-refractivity contribution >= 4 is 5.69 Å². The Bertz CT molecular complexity index is 514. The van der Waals surface area contributed by atoms with Crippen LogP contribution in [0.15, 0.2) is 30.6 Å². The lowest BCUT2D eigenvalue weighted by Crippen LogP contribution is -2.12. The standard InChI is InChI=1S/C13H15N3/c1-10-14-7-8-16(10)12-5-4-11-3-2-6-15-13(11)9-12/h4-5,7-9,15H,2-3,6H2,1H3. The Morgan fingerprint density at radius 3 is 3.12 bits per heavy atom. The molecule has 1 aromatic heterocycles. The van der Waals surface area contributed by atoms with Gasteiger partial charge in [-0.1, -0.05) is 6.07 Å². The van der Waals surface area contributed by atoms with Crippen LogP contribution < -0.4 is 5.32 Å². The second-order valence-corrected chi connectivity index (χ2v) is 4.22. The number of aromatic nitrogens is 2. The summed E-state index contributed by atoms with van der Waals surface area (Å²) in [7, 11) is 0. The van der Waals surface area contributed by atoms with Crippen molar-refractivity contribution in [1.82, 2.24) is 9.55 Å². The van der Waals surface area contributed by atoms with Gasteiger partial charge in [0.05, 0.1) is 0 Å². The Balaban J connectivity index is 2.06. The quantitative estimate of drug-likeness (QED) is 0.789. The highest BCUT2D eigenvalue weighted by atomic mass is 15.1. The molecule has 82 valence electrons. The average molecular weight is 213 g/mol. The molecule has 3 rings (SSSR count). The Morgan fingerprint density at radius 1 is 1.38 bits per heavy atom. The molecule has 0 unspecified atom stereocenters. The number of rotatable bonds is 1. The maximum absolute atomic E-state index is 4.25. The van der Waals surface area contributed by atoms with Crippen molar-refractivity contribution in [1.29, 1.82) is 0 Å². The Morgan fingerprint density at radius 2 is 2.31 bits per heavy atom. The lowest BCUT2D eigenvalue weighted by Gasteiger charge is -2.19. The smallest absolute Gasteiger partial charge is 0.110 e. The number of hydrogen-bond acceptors (Lipinski definition) is 2. The van der Waals surface area contributed by atoms with Gasteiger partial charge in [0.1, 0.15) is 5.82 Å². The van der Waals surface area contributed by atoms with E-state index in [0.29, 0.717) is 0 Å². The van der Waals surface area contributed by atoms with Crippen LogP contribution in [-0.4, -0.2) is 16.1 Å². The summed E-state index contributed by atoms with van der Waals surface area (Å²) >= 11 is 0. The summed E-state index contributed by atoms with van der Waals surface area (Å²) < 4.78 is 2.11. The third kappa shape index (κ3) is 1.48. The van der Waals surface area contributed by atoms with Gasteiger partial charge >= 0.3 is 0 Å². The first-order valence-electron chi connectivity index (χ1n) is 5.72. The predicted octanol–water partition coefficient (Wildman–Crippen LogP) is 2.54. The number of hydrogen-bond donors (Lipinski definition) is 1. The fourth-order valence-electron chi connectivity index (χ4n) is 2.25. The minimum absolute atomic E-state index is 1.02.